The largest absolute Gasteiger partial charge is 0.396 e. The Morgan fingerprint density at radius 1 is 1.05 bits per heavy atom. The Hall–Kier alpha value is -2.76. The third-order valence-corrected chi connectivity index (χ3v) is 2.86. The zero-order chi connectivity index (χ0) is 14.1. The fraction of sp³-hybridized carbons (Fsp3) is 0. The molecule has 1 aromatic carbocycles. The van der Waals surface area contributed by atoms with Gasteiger partial charge >= 0.3 is 0 Å². The van der Waals surface area contributed by atoms with Gasteiger partial charge in [0.15, 0.2) is 0 Å². The molecule has 0 aliphatic heterocycles. The summed E-state index contributed by atoms with van der Waals surface area (Å²) in [5.74, 6) is -1.34. The Morgan fingerprint density at radius 3 is 2.50 bits per heavy atom. The molecule has 0 saturated carbocycles. The van der Waals surface area contributed by atoms with E-state index < -0.39 is 11.6 Å². The minimum Gasteiger partial charge on any atom is -0.396 e. The number of anilines is 1. The Labute approximate surface area is 113 Å². The molecular weight excluding hydrogens is 262 g/mol. The van der Waals surface area contributed by atoms with E-state index >= 15 is 0 Å². The SMILES string of the molecule is Nc1cn(-c2ccncc2)nc1-c1ccc(F)cc1F. The third kappa shape index (κ3) is 2.11. The highest BCUT2D eigenvalue weighted by Crippen LogP contribution is 2.28. The molecule has 6 heteroatoms. The number of halogens is 2. The van der Waals surface area contributed by atoms with Crippen molar-refractivity contribution in [3.63, 3.8) is 0 Å². The number of hydrogen-bond acceptors (Lipinski definition) is 3. The average Bonchev–Trinajstić information content (AvgIpc) is 2.82. The predicted octanol–water partition coefficient (Wildman–Crippen LogP) is 2.79. The van der Waals surface area contributed by atoms with Crippen LogP contribution in [0.5, 0.6) is 0 Å². The van der Waals surface area contributed by atoms with Gasteiger partial charge in [0, 0.05) is 24.0 Å². The molecule has 20 heavy (non-hydrogen) atoms. The normalized spacial score (nSPS) is 10.7. The number of benzene rings is 1. The fourth-order valence-corrected chi connectivity index (χ4v) is 1.91. The number of nitrogen functional groups attached to an aromatic ring is 1. The molecule has 4 nitrogen and oxygen atoms in total. The number of nitrogens with two attached hydrogens (primary N) is 1. The first-order chi connectivity index (χ1) is 9.65. The molecule has 0 spiro atoms. The van der Waals surface area contributed by atoms with Gasteiger partial charge in [0.25, 0.3) is 0 Å². The van der Waals surface area contributed by atoms with Crippen molar-refractivity contribution in [2.75, 3.05) is 5.73 Å². The van der Waals surface area contributed by atoms with Gasteiger partial charge in [-0.25, -0.2) is 13.5 Å². The Kier molecular flexibility index (Phi) is 2.90. The lowest BCUT2D eigenvalue weighted by Gasteiger charge is -2.01. The van der Waals surface area contributed by atoms with E-state index in [2.05, 4.69) is 10.1 Å². The van der Waals surface area contributed by atoms with Crippen molar-refractivity contribution in [2.45, 2.75) is 0 Å². The highest BCUT2D eigenvalue weighted by Gasteiger charge is 2.14. The Balaban J connectivity index is 2.10. The summed E-state index contributed by atoms with van der Waals surface area (Å²) in [5.41, 5.74) is 7.36. The first-order valence-corrected chi connectivity index (χ1v) is 5.86. The molecule has 0 fully saturated rings. The van der Waals surface area contributed by atoms with E-state index in [0.29, 0.717) is 5.69 Å². The standard InChI is InChI=1S/C14H10F2N4/c15-9-1-2-11(12(16)7-9)14-13(17)8-20(19-14)10-3-5-18-6-4-10/h1-8H,17H2. The molecule has 2 heterocycles. The molecule has 0 radical (unpaired) electrons. The van der Waals surface area contributed by atoms with Gasteiger partial charge in [-0.3, -0.25) is 4.98 Å². The lowest BCUT2D eigenvalue weighted by molar-refractivity contribution is 0.585. The van der Waals surface area contributed by atoms with Gasteiger partial charge in [0.05, 0.1) is 17.6 Å². The van der Waals surface area contributed by atoms with Crippen LogP contribution in [0.3, 0.4) is 0 Å². The van der Waals surface area contributed by atoms with Crippen molar-refractivity contribution in [3.8, 4) is 16.9 Å². The van der Waals surface area contributed by atoms with E-state index in [0.717, 1.165) is 11.8 Å². The van der Waals surface area contributed by atoms with E-state index in [9.17, 15) is 8.78 Å². The third-order valence-electron chi connectivity index (χ3n) is 2.86. The van der Waals surface area contributed by atoms with E-state index in [-0.39, 0.29) is 11.3 Å². The monoisotopic (exact) mass is 272 g/mol. The fourth-order valence-electron chi connectivity index (χ4n) is 1.91. The van der Waals surface area contributed by atoms with E-state index in [1.807, 2.05) is 0 Å². The predicted molar refractivity (Wildman–Crippen MR) is 71.1 cm³/mol. The summed E-state index contributed by atoms with van der Waals surface area (Å²) in [7, 11) is 0. The highest BCUT2D eigenvalue weighted by atomic mass is 19.1. The van der Waals surface area contributed by atoms with E-state index in [1.165, 1.54) is 16.8 Å². The van der Waals surface area contributed by atoms with Crippen molar-refractivity contribution < 1.29 is 8.78 Å². The lowest BCUT2D eigenvalue weighted by Crippen LogP contribution is -1.95. The van der Waals surface area contributed by atoms with Crippen molar-refractivity contribution in [1.29, 1.82) is 0 Å². The van der Waals surface area contributed by atoms with Crippen LogP contribution in [0.4, 0.5) is 14.5 Å². The molecule has 3 rings (SSSR count). The van der Waals surface area contributed by atoms with Crippen LogP contribution in [0.15, 0.2) is 48.9 Å². The van der Waals surface area contributed by atoms with Crippen LogP contribution < -0.4 is 5.73 Å². The molecule has 2 aromatic heterocycles. The minimum absolute atomic E-state index is 0.164. The maximum atomic E-state index is 13.8. The molecule has 0 bridgehead atoms. The first-order valence-electron chi connectivity index (χ1n) is 5.86. The minimum atomic E-state index is -0.698. The molecule has 3 aromatic rings. The van der Waals surface area contributed by atoms with Crippen LogP contribution in [0.25, 0.3) is 16.9 Å². The zero-order valence-corrected chi connectivity index (χ0v) is 10.3. The first kappa shape index (κ1) is 12.3. The van der Waals surface area contributed by atoms with Gasteiger partial charge in [-0.15, -0.1) is 0 Å². The number of pyridine rings is 1. The van der Waals surface area contributed by atoms with Crippen LogP contribution >= 0.6 is 0 Å². The molecule has 0 amide bonds. The Bertz CT molecular complexity index is 753. The summed E-state index contributed by atoms with van der Waals surface area (Å²) in [6.45, 7) is 0. The quantitative estimate of drug-likeness (QED) is 0.780. The van der Waals surface area contributed by atoms with Crippen molar-refractivity contribution in [3.05, 3.63) is 60.6 Å². The maximum Gasteiger partial charge on any atom is 0.135 e. The molecule has 0 unspecified atom stereocenters. The van der Waals surface area contributed by atoms with Crippen LogP contribution in [-0.2, 0) is 0 Å². The van der Waals surface area contributed by atoms with Crippen molar-refractivity contribution in [1.82, 2.24) is 14.8 Å². The van der Waals surface area contributed by atoms with Crippen LogP contribution in [-0.4, -0.2) is 14.8 Å². The smallest absolute Gasteiger partial charge is 0.135 e. The molecular formula is C14H10F2N4. The molecule has 0 aliphatic carbocycles. The number of rotatable bonds is 2. The highest BCUT2D eigenvalue weighted by molar-refractivity contribution is 5.72. The number of hydrogen-bond donors (Lipinski definition) is 1. The summed E-state index contributed by atoms with van der Waals surface area (Å²) in [6, 6.07) is 6.79. The molecule has 100 valence electrons. The lowest BCUT2D eigenvalue weighted by atomic mass is 10.1. The van der Waals surface area contributed by atoms with Gasteiger partial charge in [-0.2, -0.15) is 5.10 Å². The number of aromatic nitrogens is 3. The second-order valence-electron chi connectivity index (χ2n) is 4.21. The van der Waals surface area contributed by atoms with Gasteiger partial charge in [0.1, 0.15) is 17.3 Å². The van der Waals surface area contributed by atoms with Crippen LogP contribution in [0, 0.1) is 11.6 Å². The van der Waals surface area contributed by atoms with Crippen LogP contribution in [0.2, 0.25) is 0 Å². The van der Waals surface area contributed by atoms with Crippen molar-refractivity contribution in [2.24, 2.45) is 0 Å². The van der Waals surface area contributed by atoms with Gasteiger partial charge < -0.3 is 5.73 Å². The topological polar surface area (TPSA) is 56.7 Å². The van der Waals surface area contributed by atoms with Crippen LogP contribution in [0.1, 0.15) is 0 Å². The van der Waals surface area contributed by atoms with Crippen molar-refractivity contribution >= 4 is 5.69 Å². The molecule has 0 atom stereocenters. The second-order valence-corrected chi connectivity index (χ2v) is 4.21. The van der Waals surface area contributed by atoms with E-state index in [1.54, 1.807) is 30.7 Å². The second kappa shape index (κ2) is 4.73. The van der Waals surface area contributed by atoms with Gasteiger partial charge in [-0.05, 0) is 24.3 Å². The molecule has 2 N–H and O–H groups in total. The molecule has 0 aliphatic rings. The van der Waals surface area contributed by atoms with Gasteiger partial charge in [0.2, 0.25) is 0 Å². The maximum absolute atomic E-state index is 13.8. The summed E-state index contributed by atoms with van der Waals surface area (Å²) in [4.78, 5) is 3.91. The zero-order valence-electron chi connectivity index (χ0n) is 10.3. The summed E-state index contributed by atoms with van der Waals surface area (Å²) in [6.07, 6.45) is 4.81. The average molecular weight is 272 g/mol. The van der Waals surface area contributed by atoms with E-state index in [4.69, 9.17) is 5.73 Å². The summed E-state index contributed by atoms with van der Waals surface area (Å²) in [5, 5.41) is 4.24. The summed E-state index contributed by atoms with van der Waals surface area (Å²) >= 11 is 0. The summed E-state index contributed by atoms with van der Waals surface area (Å²) < 4.78 is 28.2. The molecule has 0 saturated heterocycles. The van der Waals surface area contributed by atoms with Gasteiger partial charge in [-0.1, -0.05) is 0 Å². The number of nitrogens with zero attached hydrogens (tertiary/aromatic N) is 3. The Morgan fingerprint density at radius 2 is 1.80 bits per heavy atom.